The highest BCUT2D eigenvalue weighted by Crippen LogP contribution is 2.29. The highest BCUT2D eigenvalue weighted by molar-refractivity contribution is 6.15. The average molecular weight is 359 g/mol. The maximum atomic E-state index is 12.1. The first-order valence-electron chi connectivity index (χ1n) is 8.37. The van der Waals surface area contributed by atoms with Crippen LogP contribution in [0, 0.1) is 6.92 Å². The molecule has 2 N–H and O–H groups in total. The van der Waals surface area contributed by atoms with Crippen molar-refractivity contribution in [1.82, 2.24) is 5.32 Å². The molecule has 26 heavy (non-hydrogen) atoms. The number of rotatable bonds is 3. The maximum Gasteiger partial charge on any atom is 0.350 e. The fourth-order valence-corrected chi connectivity index (χ4v) is 2.86. The van der Waals surface area contributed by atoms with Gasteiger partial charge in [-0.25, -0.2) is 14.4 Å². The Kier molecular flexibility index (Phi) is 4.58. The smallest absolute Gasteiger partial charge is 0.350 e. The van der Waals surface area contributed by atoms with Crippen molar-refractivity contribution in [2.24, 2.45) is 0 Å². The highest BCUT2D eigenvalue weighted by atomic mass is 16.7. The second-order valence-corrected chi connectivity index (χ2v) is 6.57. The summed E-state index contributed by atoms with van der Waals surface area (Å²) < 4.78 is 10.1. The molecular weight excluding hydrogens is 338 g/mol. The monoisotopic (exact) mass is 359 g/mol. The number of benzene rings is 1. The molecule has 0 unspecified atom stereocenters. The quantitative estimate of drug-likeness (QED) is 0.487. The molecule has 138 valence electrons. The van der Waals surface area contributed by atoms with Gasteiger partial charge in [0.1, 0.15) is 0 Å². The molecule has 2 aliphatic rings. The Labute approximate surface area is 151 Å². The van der Waals surface area contributed by atoms with Crippen molar-refractivity contribution in [2.75, 3.05) is 23.3 Å². The number of ether oxygens (including phenoxy) is 2. The summed E-state index contributed by atoms with van der Waals surface area (Å²) in [6.45, 7) is 6.14. The van der Waals surface area contributed by atoms with Crippen LogP contribution in [0.2, 0.25) is 0 Å². The molecule has 0 radical (unpaired) electrons. The lowest BCUT2D eigenvalue weighted by molar-refractivity contribution is -0.222. The highest BCUT2D eigenvalue weighted by Gasteiger charge is 2.39. The first-order valence-corrected chi connectivity index (χ1v) is 8.37. The van der Waals surface area contributed by atoms with Gasteiger partial charge in [-0.15, -0.1) is 0 Å². The minimum atomic E-state index is -1.27. The standard InChI is InChI=1S/C18H21N3O5/c1-11-13(6-4-7-14(11)21-9-5-8-19-17(21)24)20-10-12-15(22)25-18(2,3)26-16(12)23/h4,6-7,10,20H,5,8-9H2,1-3H3,(H,19,24). The van der Waals surface area contributed by atoms with Crippen LogP contribution >= 0.6 is 0 Å². The first kappa shape index (κ1) is 17.8. The summed E-state index contributed by atoms with van der Waals surface area (Å²) in [6, 6.07) is 5.30. The summed E-state index contributed by atoms with van der Waals surface area (Å²) >= 11 is 0. The van der Waals surface area contributed by atoms with Crippen molar-refractivity contribution in [2.45, 2.75) is 33.0 Å². The lowest BCUT2D eigenvalue weighted by Gasteiger charge is -2.30. The zero-order valence-corrected chi connectivity index (χ0v) is 14.9. The minimum absolute atomic E-state index is 0.142. The third kappa shape index (κ3) is 3.49. The predicted octanol–water partition coefficient (Wildman–Crippen LogP) is 2.05. The second kappa shape index (κ2) is 6.70. The average Bonchev–Trinajstić information content (AvgIpc) is 2.55. The number of nitrogens with one attached hydrogen (secondary N) is 2. The number of carbonyl (C=O) groups is 3. The number of nitrogens with zero attached hydrogens (tertiary/aromatic N) is 1. The van der Waals surface area contributed by atoms with Crippen LogP contribution < -0.4 is 15.5 Å². The Morgan fingerprint density at radius 2 is 1.88 bits per heavy atom. The summed E-state index contributed by atoms with van der Waals surface area (Å²) in [5, 5.41) is 5.76. The largest absolute Gasteiger partial charge is 0.419 e. The number of cyclic esters (lactones) is 2. The van der Waals surface area contributed by atoms with Crippen molar-refractivity contribution >= 4 is 29.3 Å². The summed E-state index contributed by atoms with van der Waals surface area (Å²) in [5.74, 6) is -2.77. The molecule has 0 saturated carbocycles. The van der Waals surface area contributed by atoms with E-state index >= 15 is 0 Å². The Morgan fingerprint density at radius 3 is 2.54 bits per heavy atom. The van der Waals surface area contributed by atoms with Crippen LogP contribution in [0.5, 0.6) is 0 Å². The van der Waals surface area contributed by atoms with E-state index in [4.69, 9.17) is 9.47 Å². The van der Waals surface area contributed by atoms with Crippen LogP contribution in [0.15, 0.2) is 30.0 Å². The van der Waals surface area contributed by atoms with Gasteiger partial charge in [0.2, 0.25) is 0 Å². The number of anilines is 2. The Bertz CT molecular complexity index is 778. The number of urea groups is 1. The van der Waals surface area contributed by atoms with Gasteiger partial charge in [0, 0.05) is 38.8 Å². The molecular formula is C18H21N3O5. The summed E-state index contributed by atoms with van der Waals surface area (Å²) in [6.07, 6.45) is 2.13. The van der Waals surface area contributed by atoms with Gasteiger partial charge in [0.25, 0.3) is 5.79 Å². The van der Waals surface area contributed by atoms with E-state index in [1.54, 1.807) is 17.0 Å². The lowest BCUT2D eigenvalue weighted by atomic mass is 10.1. The van der Waals surface area contributed by atoms with Gasteiger partial charge in [-0.1, -0.05) is 6.07 Å². The number of hydrogen-bond acceptors (Lipinski definition) is 6. The number of amides is 2. The van der Waals surface area contributed by atoms with E-state index in [9.17, 15) is 14.4 Å². The Balaban J connectivity index is 1.83. The van der Waals surface area contributed by atoms with E-state index in [-0.39, 0.29) is 11.6 Å². The lowest BCUT2D eigenvalue weighted by Crippen LogP contribution is -2.46. The van der Waals surface area contributed by atoms with Gasteiger partial charge in [-0.3, -0.25) is 4.90 Å². The molecule has 2 fully saturated rings. The molecule has 0 aliphatic carbocycles. The fraction of sp³-hybridized carbons (Fsp3) is 0.389. The van der Waals surface area contributed by atoms with Gasteiger partial charge in [-0.05, 0) is 31.0 Å². The normalized spacial score (nSPS) is 19.4. The zero-order valence-electron chi connectivity index (χ0n) is 14.9. The van der Waals surface area contributed by atoms with E-state index < -0.39 is 17.7 Å². The minimum Gasteiger partial charge on any atom is -0.419 e. The second-order valence-electron chi connectivity index (χ2n) is 6.57. The van der Waals surface area contributed by atoms with Crippen LogP contribution in [0.4, 0.5) is 16.2 Å². The van der Waals surface area contributed by atoms with Crippen molar-refractivity contribution in [1.29, 1.82) is 0 Å². The molecule has 0 bridgehead atoms. The van der Waals surface area contributed by atoms with Crippen LogP contribution in [0.3, 0.4) is 0 Å². The van der Waals surface area contributed by atoms with Gasteiger partial charge in [0.05, 0.1) is 5.69 Å². The molecule has 1 aromatic carbocycles. The van der Waals surface area contributed by atoms with Crippen LogP contribution in [-0.4, -0.2) is 36.8 Å². The third-order valence-electron chi connectivity index (χ3n) is 4.16. The molecule has 0 aromatic heterocycles. The molecule has 0 atom stereocenters. The SMILES string of the molecule is Cc1c(NC=C2C(=O)OC(C)(C)OC2=O)cccc1N1CCCNC1=O. The van der Waals surface area contributed by atoms with Crippen molar-refractivity contribution in [3.8, 4) is 0 Å². The van der Waals surface area contributed by atoms with Crippen molar-refractivity contribution in [3.63, 3.8) is 0 Å². The first-order chi connectivity index (χ1) is 12.3. The van der Waals surface area contributed by atoms with Gasteiger partial charge >= 0.3 is 18.0 Å². The summed E-state index contributed by atoms with van der Waals surface area (Å²) in [5.41, 5.74) is 2.03. The van der Waals surface area contributed by atoms with Crippen molar-refractivity contribution < 1.29 is 23.9 Å². The van der Waals surface area contributed by atoms with E-state index in [0.717, 1.165) is 17.7 Å². The molecule has 2 amide bonds. The van der Waals surface area contributed by atoms with Gasteiger partial charge in [-0.2, -0.15) is 0 Å². The Morgan fingerprint density at radius 1 is 1.19 bits per heavy atom. The van der Waals surface area contributed by atoms with Crippen molar-refractivity contribution in [3.05, 3.63) is 35.5 Å². The summed E-state index contributed by atoms with van der Waals surface area (Å²) in [4.78, 5) is 37.7. The van der Waals surface area contributed by atoms with E-state index in [2.05, 4.69) is 10.6 Å². The van der Waals surface area contributed by atoms with Gasteiger partial charge < -0.3 is 20.1 Å². The number of carbonyl (C=O) groups excluding carboxylic acids is 3. The molecule has 1 aromatic rings. The molecule has 3 rings (SSSR count). The maximum absolute atomic E-state index is 12.1. The van der Waals surface area contributed by atoms with Crippen LogP contribution in [0.25, 0.3) is 0 Å². The predicted molar refractivity (Wildman–Crippen MR) is 94.5 cm³/mol. The zero-order chi connectivity index (χ0) is 18.9. The fourth-order valence-electron chi connectivity index (χ4n) is 2.86. The molecule has 8 nitrogen and oxygen atoms in total. The molecule has 2 aliphatic heterocycles. The molecule has 0 spiro atoms. The molecule has 2 heterocycles. The molecule has 2 saturated heterocycles. The summed E-state index contributed by atoms with van der Waals surface area (Å²) in [7, 11) is 0. The topological polar surface area (TPSA) is 97.0 Å². The molecule has 8 heteroatoms. The van der Waals surface area contributed by atoms with E-state index in [1.807, 2.05) is 13.0 Å². The Hall–Kier alpha value is -3.03. The van der Waals surface area contributed by atoms with E-state index in [1.165, 1.54) is 20.0 Å². The van der Waals surface area contributed by atoms with Gasteiger partial charge in [0.15, 0.2) is 5.57 Å². The number of esters is 2. The van der Waals surface area contributed by atoms with E-state index in [0.29, 0.717) is 18.8 Å². The van der Waals surface area contributed by atoms with Crippen LogP contribution in [-0.2, 0) is 19.1 Å². The van der Waals surface area contributed by atoms with Crippen LogP contribution in [0.1, 0.15) is 25.8 Å². The number of hydrogen-bond donors (Lipinski definition) is 2. The third-order valence-corrected chi connectivity index (χ3v) is 4.16.